The highest BCUT2D eigenvalue weighted by molar-refractivity contribution is 5.99. The molecular weight excluding hydrogens is 287 g/mol. The molecule has 22 heavy (non-hydrogen) atoms. The van der Waals surface area contributed by atoms with Crippen LogP contribution in [0, 0.1) is 18.7 Å². The molecule has 2 atom stereocenters. The normalized spacial score (nSPS) is 21.2. The van der Waals surface area contributed by atoms with Gasteiger partial charge >= 0.3 is 5.97 Å². The van der Waals surface area contributed by atoms with Gasteiger partial charge in [-0.05, 0) is 49.9 Å². The number of aromatic nitrogens is 1. The summed E-state index contributed by atoms with van der Waals surface area (Å²) in [5.74, 6) is -1.83. The van der Waals surface area contributed by atoms with E-state index in [1.165, 1.54) is 12.1 Å². The van der Waals surface area contributed by atoms with Gasteiger partial charge in [-0.1, -0.05) is 0 Å². The fourth-order valence-corrected chi connectivity index (χ4v) is 3.10. The quantitative estimate of drug-likeness (QED) is 0.815. The predicted molar refractivity (Wildman–Crippen MR) is 79.2 cm³/mol. The number of aliphatic carboxylic acids is 1. The predicted octanol–water partition coefficient (Wildman–Crippen LogP) is 2.60. The van der Waals surface area contributed by atoms with Gasteiger partial charge in [-0.3, -0.25) is 9.59 Å². The Bertz CT molecular complexity index is 753. The first kappa shape index (κ1) is 14.6. The number of fused-ring (bicyclic) bond motifs is 1. The van der Waals surface area contributed by atoms with Gasteiger partial charge < -0.3 is 15.4 Å². The third-order valence-electron chi connectivity index (χ3n) is 4.27. The SMILES string of the molecule is Cc1cc(F)cc2[nH]c(C(=O)N[C@H]3CC[C@@H](C(=O)O)C3)cc12. The molecule has 1 amide bonds. The number of carboxylic acid groups (broad SMARTS) is 1. The van der Waals surface area contributed by atoms with Crippen LogP contribution in [-0.4, -0.2) is 28.0 Å². The van der Waals surface area contributed by atoms with E-state index in [9.17, 15) is 14.0 Å². The smallest absolute Gasteiger partial charge is 0.306 e. The second kappa shape index (κ2) is 5.44. The zero-order valence-electron chi connectivity index (χ0n) is 12.1. The Morgan fingerprint density at radius 1 is 1.32 bits per heavy atom. The van der Waals surface area contributed by atoms with E-state index in [1.807, 2.05) is 0 Å². The molecule has 0 aliphatic heterocycles. The summed E-state index contributed by atoms with van der Waals surface area (Å²) < 4.78 is 13.4. The van der Waals surface area contributed by atoms with E-state index in [-0.39, 0.29) is 23.7 Å². The molecule has 1 fully saturated rings. The van der Waals surface area contributed by atoms with Crippen LogP contribution >= 0.6 is 0 Å². The molecule has 0 unspecified atom stereocenters. The molecule has 1 aliphatic carbocycles. The molecular formula is C16H17FN2O3. The summed E-state index contributed by atoms with van der Waals surface area (Å²) in [6.45, 7) is 1.79. The van der Waals surface area contributed by atoms with E-state index in [0.29, 0.717) is 30.5 Å². The highest BCUT2D eigenvalue weighted by Gasteiger charge is 2.30. The lowest BCUT2D eigenvalue weighted by Crippen LogP contribution is -2.33. The van der Waals surface area contributed by atoms with E-state index in [4.69, 9.17) is 5.11 Å². The lowest BCUT2D eigenvalue weighted by Gasteiger charge is -2.11. The zero-order chi connectivity index (χ0) is 15.9. The van der Waals surface area contributed by atoms with Crippen LogP contribution in [0.2, 0.25) is 0 Å². The molecule has 5 nitrogen and oxygen atoms in total. The van der Waals surface area contributed by atoms with Crippen molar-refractivity contribution in [3.05, 3.63) is 35.3 Å². The Morgan fingerprint density at radius 2 is 2.09 bits per heavy atom. The number of amides is 1. The molecule has 1 aromatic heterocycles. The number of carbonyl (C=O) groups excluding carboxylic acids is 1. The first-order chi connectivity index (χ1) is 10.4. The molecule has 3 N–H and O–H groups in total. The summed E-state index contributed by atoms with van der Waals surface area (Å²) in [6, 6.07) is 4.35. The second-order valence-electron chi connectivity index (χ2n) is 5.89. The maximum Gasteiger partial charge on any atom is 0.306 e. The number of benzene rings is 1. The largest absolute Gasteiger partial charge is 0.481 e. The minimum atomic E-state index is -0.812. The highest BCUT2D eigenvalue weighted by Crippen LogP contribution is 2.26. The van der Waals surface area contributed by atoms with E-state index in [0.717, 1.165) is 10.9 Å². The van der Waals surface area contributed by atoms with E-state index in [1.54, 1.807) is 13.0 Å². The maximum absolute atomic E-state index is 13.4. The fourth-order valence-electron chi connectivity index (χ4n) is 3.10. The number of halogens is 1. The van der Waals surface area contributed by atoms with Crippen LogP contribution in [0.4, 0.5) is 4.39 Å². The number of aryl methyl sites for hydroxylation is 1. The fraction of sp³-hybridized carbons (Fsp3) is 0.375. The summed E-state index contributed by atoms with van der Waals surface area (Å²) in [7, 11) is 0. The second-order valence-corrected chi connectivity index (χ2v) is 5.89. The standard InChI is InChI=1S/C16H17FN2O3/c1-8-4-10(17)6-13-12(8)7-14(19-13)15(20)18-11-3-2-9(5-11)16(21)22/h4,6-7,9,11,19H,2-3,5H2,1H3,(H,18,20)(H,21,22)/t9-,11+/m1/s1. The minimum absolute atomic E-state index is 0.127. The average molecular weight is 304 g/mol. The van der Waals surface area contributed by atoms with Gasteiger partial charge in [0.15, 0.2) is 0 Å². The van der Waals surface area contributed by atoms with Gasteiger partial charge in [0.2, 0.25) is 0 Å². The van der Waals surface area contributed by atoms with Gasteiger partial charge in [0.25, 0.3) is 5.91 Å². The number of hydrogen-bond donors (Lipinski definition) is 3. The Balaban J connectivity index is 1.76. The van der Waals surface area contributed by atoms with Crippen LogP contribution in [-0.2, 0) is 4.79 Å². The third kappa shape index (κ3) is 2.68. The topological polar surface area (TPSA) is 82.2 Å². The molecule has 1 aromatic carbocycles. The summed E-state index contributed by atoms with van der Waals surface area (Å²) in [5.41, 5.74) is 1.71. The van der Waals surface area contributed by atoms with Crippen LogP contribution < -0.4 is 5.32 Å². The lowest BCUT2D eigenvalue weighted by atomic mass is 10.1. The van der Waals surface area contributed by atoms with Crippen LogP contribution in [0.3, 0.4) is 0 Å². The molecule has 0 spiro atoms. The van der Waals surface area contributed by atoms with Crippen LogP contribution in [0.15, 0.2) is 18.2 Å². The van der Waals surface area contributed by atoms with Crippen molar-refractivity contribution in [2.45, 2.75) is 32.2 Å². The lowest BCUT2D eigenvalue weighted by molar-refractivity contribution is -0.141. The van der Waals surface area contributed by atoms with Crippen LogP contribution in [0.5, 0.6) is 0 Å². The molecule has 116 valence electrons. The molecule has 3 rings (SSSR count). The van der Waals surface area contributed by atoms with Crippen molar-refractivity contribution in [1.82, 2.24) is 10.3 Å². The van der Waals surface area contributed by atoms with Crippen molar-refractivity contribution in [1.29, 1.82) is 0 Å². The minimum Gasteiger partial charge on any atom is -0.481 e. The number of rotatable bonds is 3. The van der Waals surface area contributed by atoms with Crippen molar-refractivity contribution in [3.8, 4) is 0 Å². The molecule has 2 aromatic rings. The van der Waals surface area contributed by atoms with Crippen LogP contribution in [0.25, 0.3) is 10.9 Å². The Hall–Kier alpha value is -2.37. The van der Waals surface area contributed by atoms with Crippen molar-refractivity contribution >= 4 is 22.8 Å². The highest BCUT2D eigenvalue weighted by atomic mass is 19.1. The number of H-pyrrole nitrogens is 1. The third-order valence-corrected chi connectivity index (χ3v) is 4.27. The van der Waals surface area contributed by atoms with Crippen molar-refractivity contribution < 1.29 is 19.1 Å². The number of carbonyl (C=O) groups is 2. The summed E-state index contributed by atoms with van der Waals surface area (Å²) in [5, 5.41) is 12.6. The first-order valence-corrected chi connectivity index (χ1v) is 7.26. The maximum atomic E-state index is 13.4. The molecule has 0 bridgehead atoms. The average Bonchev–Trinajstić information content (AvgIpc) is 3.05. The van der Waals surface area contributed by atoms with Gasteiger partial charge in [-0.25, -0.2) is 4.39 Å². The molecule has 1 saturated carbocycles. The van der Waals surface area contributed by atoms with Gasteiger partial charge in [-0.2, -0.15) is 0 Å². The number of aromatic amines is 1. The Kier molecular flexibility index (Phi) is 3.60. The Labute approximate surface area is 126 Å². The van der Waals surface area contributed by atoms with Crippen molar-refractivity contribution in [2.75, 3.05) is 0 Å². The number of hydrogen-bond acceptors (Lipinski definition) is 2. The zero-order valence-corrected chi connectivity index (χ0v) is 12.1. The molecule has 1 heterocycles. The summed E-state index contributed by atoms with van der Waals surface area (Å²) in [6.07, 6.45) is 1.70. The van der Waals surface area contributed by atoms with Gasteiger partial charge in [0.05, 0.1) is 5.92 Å². The van der Waals surface area contributed by atoms with Gasteiger partial charge in [-0.15, -0.1) is 0 Å². The van der Waals surface area contributed by atoms with E-state index < -0.39 is 5.97 Å². The van der Waals surface area contributed by atoms with E-state index in [2.05, 4.69) is 10.3 Å². The van der Waals surface area contributed by atoms with Gasteiger partial charge in [0.1, 0.15) is 11.5 Å². The molecule has 1 aliphatic rings. The number of nitrogens with one attached hydrogen (secondary N) is 2. The first-order valence-electron chi connectivity index (χ1n) is 7.26. The summed E-state index contributed by atoms with van der Waals surface area (Å²) >= 11 is 0. The monoisotopic (exact) mass is 304 g/mol. The molecule has 0 radical (unpaired) electrons. The Morgan fingerprint density at radius 3 is 2.77 bits per heavy atom. The van der Waals surface area contributed by atoms with Crippen LogP contribution in [0.1, 0.15) is 35.3 Å². The van der Waals surface area contributed by atoms with E-state index >= 15 is 0 Å². The number of carboxylic acids is 1. The molecule has 0 saturated heterocycles. The molecule has 6 heteroatoms. The van der Waals surface area contributed by atoms with Crippen molar-refractivity contribution in [2.24, 2.45) is 5.92 Å². The van der Waals surface area contributed by atoms with Crippen molar-refractivity contribution in [3.63, 3.8) is 0 Å². The van der Waals surface area contributed by atoms with Gasteiger partial charge in [0, 0.05) is 16.9 Å². The summed E-state index contributed by atoms with van der Waals surface area (Å²) in [4.78, 5) is 26.1.